The van der Waals surface area contributed by atoms with Crippen molar-refractivity contribution in [3.63, 3.8) is 0 Å². The van der Waals surface area contributed by atoms with Crippen LogP contribution in [0.2, 0.25) is 0 Å². The van der Waals surface area contributed by atoms with Crippen LogP contribution in [0.5, 0.6) is 0 Å². The number of halogens is 4. The van der Waals surface area contributed by atoms with Crippen molar-refractivity contribution in [2.75, 3.05) is 0 Å². The molecule has 0 aliphatic heterocycles. The van der Waals surface area contributed by atoms with Crippen molar-refractivity contribution in [1.29, 1.82) is 0 Å². The molecule has 0 aromatic carbocycles. The molecular weight excluding hydrogens is 182 g/mol. The van der Waals surface area contributed by atoms with E-state index in [4.69, 9.17) is 45.9 Å². The molecule has 0 N–H and O–H groups in total. The van der Waals surface area contributed by atoms with Crippen LogP contribution in [0.4, 0.5) is 0 Å². The van der Waals surface area contributed by atoms with Gasteiger partial charge in [-0.1, -0.05) is 34.8 Å². The van der Waals surface area contributed by atoms with E-state index in [9.17, 15) is 0 Å². The summed E-state index contributed by atoms with van der Waals surface area (Å²) in [5, 5.41) is 0. The van der Waals surface area contributed by atoms with Crippen LogP contribution < -0.4 is 0 Å². The van der Waals surface area contributed by atoms with Gasteiger partial charge in [0.1, 0.15) is 0 Å². The SMILES string of the molecule is Cl[Si]C(Cl)(Cl)Cl. The Hall–Kier alpha value is 1.38. The first kappa shape index (κ1) is 7.38. The molecule has 0 atom stereocenters. The highest BCUT2D eigenvalue weighted by Crippen LogP contribution is 2.24. The standard InChI is InChI=1S/CCl4Si/c2-1(3,4)6-5. The third kappa shape index (κ3) is 5.38. The maximum atomic E-state index is 5.13. The minimum Gasteiger partial charge on any atom is -0.166 e. The first-order valence-electron chi connectivity index (χ1n) is 1.01. The van der Waals surface area contributed by atoms with Gasteiger partial charge in [-0.2, -0.15) is 11.1 Å². The summed E-state index contributed by atoms with van der Waals surface area (Å²) in [4.78, 5) is 0. The summed E-state index contributed by atoms with van der Waals surface area (Å²) in [6.45, 7) is 0. The topological polar surface area (TPSA) is 0 Å². The van der Waals surface area contributed by atoms with Gasteiger partial charge in [-0.15, -0.1) is 0 Å². The Morgan fingerprint density at radius 3 is 1.33 bits per heavy atom. The normalized spacial score (nSPS) is 12.0. The lowest BCUT2D eigenvalue weighted by atomic mass is 11.8. The van der Waals surface area contributed by atoms with Crippen LogP contribution in [-0.2, 0) is 0 Å². The van der Waals surface area contributed by atoms with Gasteiger partial charge in [0.25, 0.3) is 0 Å². The highest BCUT2D eigenvalue weighted by Gasteiger charge is 2.18. The molecule has 0 heterocycles. The highest BCUT2D eigenvalue weighted by atomic mass is 35.6. The van der Waals surface area contributed by atoms with Crippen molar-refractivity contribution in [3.8, 4) is 0 Å². The number of alkyl halides is 3. The largest absolute Gasteiger partial charge is 0.237 e. The van der Waals surface area contributed by atoms with Crippen molar-refractivity contribution in [1.82, 2.24) is 0 Å². The summed E-state index contributed by atoms with van der Waals surface area (Å²) in [5.41, 5.74) is 0. The molecule has 0 aromatic rings. The fraction of sp³-hybridized carbons (Fsp3) is 1.00. The van der Waals surface area contributed by atoms with E-state index < -0.39 is 3.42 Å². The number of hydrogen-bond donors (Lipinski definition) is 0. The van der Waals surface area contributed by atoms with Crippen molar-refractivity contribution in [3.05, 3.63) is 0 Å². The van der Waals surface area contributed by atoms with Gasteiger partial charge in [0, 0.05) is 0 Å². The predicted molar refractivity (Wildman–Crippen MR) is 31.9 cm³/mol. The van der Waals surface area contributed by atoms with E-state index in [1.807, 2.05) is 0 Å². The second-order valence-electron chi connectivity index (χ2n) is 0.592. The maximum Gasteiger partial charge on any atom is 0.237 e. The Bertz CT molecular complexity index is 37.3. The predicted octanol–water partition coefficient (Wildman–Crippen LogP) is 2.17. The molecule has 0 amide bonds. The molecule has 0 saturated heterocycles. The van der Waals surface area contributed by atoms with E-state index in [0.717, 1.165) is 0 Å². The molecule has 0 nitrogen and oxygen atoms in total. The maximum absolute atomic E-state index is 5.13. The quantitative estimate of drug-likeness (QED) is 0.306. The van der Waals surface area contributed by atoms with Gasteiger partial charge in [-0.05, 0) is 0 Å². The Balaban J connectivity index is 3.17. The number of hydrogen-bond acceptors (Lipinski definition) is 0. The van der Waals surface area contributed by atoms with Gasteiger partial charge in [0.15, 0.2) is 3.42 Å². The molecule has 0 aliphatic carbocycles. The zero-order chi connectivity index (χ0) is 5.21. The zero-order valence-electron chi connectivity index (χ0n) is 2.51. The Morgan fingerprint density at radius 2 is 1.33 bits per heavy atom. The van der Waals surface area contributed by atoms with E-state index in [1.54, 1.807) is 0 Å². The van der Waals surface area contributed by atoms with Crippen LogP contribution >= 0.6 is 45.9 Å². The molecule has 0 fully saturated rings. The van der Waals surface area contributed by atoms with Gasteiger partial charge in [0.05, 0.1) is 0 Å². The summed E-state index contributed by atoms with van der Waals surface area (Å²) >= 11 is 20.5. The molecule has 0 aromatic heterocycles. The molecule has 0 aliphatic rings. The summed E-state index contributed by atoms with van der Waals surface area (Å²) in [6.07, 6.45) is 0. The second kappa shape index (κ2) is 2.63. The Morgan fingerprint density at radius 1 is 1.17 bits per heavy atom. The lowest BCUT2D eigenvalue weighted by Crippen LogP contribution is -2.06. The minimum atomic E-state index is -1.25. The lowest BCUT2D eigenvalue weighted by Gasteiger charge is -1.99. The fourth-order valence-corrected chi connectivity index (χ4v) is 0. The summed E-state index contributed by atoms with van der Waals surface area (Å²) in [7, 11) is -0.164. The Kier molecular flexibility index (Phi) is 3.23. The molecule has 0 saturated carbocycles. The van der Waals surface area contributed by atoms with E-state index in [2.05, 4.69) is 0 Å². The van der Waals surface area contributed by atoms with E-state index in [1.165, 1.54) is 0 Å². The first-order valence-corrected chi connectivity index (χ1v) is 4.15. The Labute approximate surface area is 58.2 Å². The molecule has 0 bridgehead atoms. The molecule has 0 rings (SSSR count). The van der Waals surface area contributed by atoms with Gasteiger partial charge in [0.2, 0.25) is 8.83 Å². The van der Waals surface area contributed by atoms with Crippen LogP contribution in [0.15, 0.2) is 0 Å². The van der Waals surface area contributed by atoms with E-state index >= 15 is 0 Å². The molecule has 5 heteroatoms. The van der Waals surface area contributed by atoms with Crippen LogP contribution in [0.25, 0.3) is 0 Å². The average molecular weight is 182 g/mol. The van der Waals surface area contributed by atoms with Crippen molar-refractivity contribution in [2.45, 2.75) is 3.42 Å². The van der Waals surface area contributed by atoms with Gasteiger partial charge in [-0.3, -0.25) is 0 Å². The highest BCUT2D eigenvalue weighted by molar-refractivity contribution is 7.09. The molecule has 36 valence electrons. The van der Waals surface area contributed by atoms with E-state index in [0.29, 0.717) is 0 Å². The van der Waals surface area contributed by atoms with Crippen LogP contribution in [-0.4, -0.2) is 12.2 Å². The van der Waals surface area contributed by atoms with Crippen molar-refractivity contribution >= 4 is 54.7 Å². The van der Waals surface area contributed by atoms with Crippen LogP contribution in [0, 0.1) is 0 Å². The zero-order valence-corrected chi connectivity index (χ0v) is 6.54. The molecule has 0 unspecified atom stereocenters. The summed E-state index contributed by atoms with van der Waals surface area (Å²) in [5.74, 6) is 0. The smallest absolute Gasteiger partial charge is 0.166 e. The second-order valence-corrected chi connectivity index (χ2v) is 5.33. The summed E-state index contributed by atoms with van der Waals surface area (Å²) in [6, 6.07) is 0. The van der Waals surface area contributed by atoms with E-state index in [-0.39, 0.29) is 8.83 Å². The van der Waals surface area contributed by atoms with Crippen LogP contribution in [0.3, 0.4) is 0 Å². The number of rotatable bonds is 0. The lowest BCUT2D eigenvalue weighted by molar-refractivity contribution is 1.74. The van der Waals surface area contributed by atoms with Gasteiger partial charge >= 0.3 is 0 Å². The minimum absolute atomic E-state index is 0.164. The molecular formula is CCl4Si. The molecule has 6 heavy (non-hydrogen) atoms. The monoisotopic (exact) mass is 180 g/mol. The van der Waals surface area contributed by atoms with Crippen molar-refractivity contribution < 1.29 is 0 Å². The first-order chi connectivity index (χ1) is 2.56. The van der Waals surface area contributed by atoms with Gasteiger partial charge in [-0.25, -0.2) is 0 Å². The van der Waals surface area contributed by atoms with Crippen LogP contribution in [0.1, 0.15) is 0 Å². The van der Waals surface area contributed by atoms with Gasteiger partial charge < -0.3 is 0 Å². The third-order valence-corrected chi connectivity index (χ3v) is 2.89. The van der Waals surface area contributed by atoms with Crippen molar-refractivity contribution in [2.24, 2.45) is 0 Å². The fourth-order valence-electron chi connectivity index (χ4n) is 0. The third-order valence-electron chi connectivity index (χ3n) is 0.107. The molecule has 2 radical (unpaired) electrons. The average Bonchev–Trinajstić information content (AvgIpc) is 1.35. The molecule has 0 spiro atoms. The summed E-state index contributed by atoms with van der Waals surface area (Å²) < 4.78 is -1.25.